The van der Waals surface area contributed by atoms with Crippen molar-refractivity contribution in [1.29, 1.82) is 0 Å². The minimum Gasteiger partial charge on any atom is -0.465 e. The molecule has 0 spiro atoms. The lowest BCUT2D eigenvalue weighted by Crippen LogP contribution is -2.37. The van der Waals surface area contributed by atoms with Crippen molar-refractivity contribution in [3.05, 3.63) is 0 Å². The molecule has 0 saturated carbocycles. The van der Waals surface area contributed by atoms with Crippen molar-refractivity contribution >= 4 is 38.4 Å². The Labute approximate surface area is 113 Å². The molecule has 0 heterocycles. The maximum Gasteiger partial charge on any atom is 0.308 e. The molecule has 0 radical (unpaired) electrons. The van der Waals surface area contributed by atoms with Crippen LogP contribution >= 0.6 is 22.6 Å². The lowest BCUT2D eigenvalue weighted by Gasteiger charge is -2.14. The van der Waals surface area contributed by atoms with E-state index in [1.807, 2.05) is 12.2 Å². The molecule has 0 saturated heterocycles. The zero-order chi connectivity index (χ0) is 13.4. The minimum absolute atomic E-state index is 0.227. The van der Waals surface area contributed by atoms with Gasteiger partial charge in [-0.3, -0.25) is 19.7 Å². The number of halogens is 1. The summed E-state index contributed by atoms with van der Waals surface area (Å²) in [4.78, 5) is 33.3. The van der Waals surface area contributed by atoms with Crippen molar-refractivity contribution in [1.82, 2.24) is 5.32 Å². The SMILES string of the molecule is CCC(C)C(=O)OCC(CO)C(=O)NC(=O)I. The van der Waals surface area contributed by atoms with Gasteiger partial charge in [-0.1, -0.05) is 13.8 Å². The van der Waals surface area contributed by atoms with E-state index < -0.39 is 28.3 Å². The Kier molecular flexibility index (Phi) is 8.05. The molecular formula is C10H16INO5. The third-order valence-electron chi connectivity index (χ3n) is 2.25. The van der Waals surface area contributed by atoms with Gasteiger partial charge in [0, 0.05) is 22.6 Å². The Morgan fingerprint density at radius 3 is 2.41 bits per heavy atom. The van der Waals surface area contributed by atoms with Crippen LogP contribution in [0.4, 0.5) is 4.79 Å². The summed E-state index contributed by atoms with van der Waals surface area (Å²) in [6.07, 6.45) is 0.640. The van der Waals surface area contributed by atoms with Crippen LogP contribution in [0.25, 0.3) is 0 Å². The van der Waals surface area contributed by atoms with Gasteiger partial charge < -0.3 is 9.84 Å². The molecule has 0 bridgehead atoms. The summed E-state index contributed by atoms with van der Waals surface area (Å²) in [6, 6.07) is 0. The van der Waals surface area contributed by atoms with Crippen molar-refractivity contribution in [3.63, 3.8) is 0 Å². The Morgan fingerprint density at radius 1 is 1.41 bits per heavy atom. The van der Waals surface area contributed by atoms with Gasteiger partial charge in [-0.25, -0.2) is 0 Å². The molecule has 2 unspecified atom stereocenters. The average molecular weight is 357 g/mol. The summed E-state index contributed by atoms with van der Waals surface area (Å²) in [5, 5.41) is 11.0. The van der Waals surface area contributed by atoms with Gasteiger partial charge in [-0.05, 0) is 6.42 Å². The Hall–Kier alpha value is -0.700. The topological polar surface area (TPSA) is 92.7 Å². The number of aliphatic hydroxyl groups is 1. The van der Waals surface area contributed by atoms with Crippen LogP contribution in [0.15, 0.2) is 0 Å². The van der Waals surface area contributed by atoms with Crippen LogP contribution < -0.4 is 5.32 Å². The fourth-order valence-electron chi connectivity index (χ4n) is 0.902. The number of ether oxygens (including phenoxy) is 1. The zero-order valence-electron chi connectivity index (χ0n) is 9.73. The van der Waals surface area contributed by atoms with E-state index in [2.05, 4.69) is 0 Å². The molecule has 0 aromatic heterocycles. The highest BCUT2D eigenvalue weighted by Crippen LogP contribution is 2.06. The van der Waals surface area contributed by atoms with E-state index >= 15 is 0 Å². The highest BCUT2D eigenvalue weighted by Gasteiger charge is 2.22. The number of amides is 2. The van der Waals surface area contributed by atoms with Crippen molar-refractivity contribution in [2.24, 2.45) is 11.8 Å². The van der Waals surface area contributed by atoms with E-state index in [1.54, 1.807) is 6.92 Å². The van der Waals surface area contributed by atoms with Crippen LogP contribution in [-0.2, 0) is 14.3 Å². The third kappa shape index (κ3) is 6.57. The number of aliphatic hydroxyl groups excluding tert-OH is 1. The Morgan fingerprint density at radius 2 is 2.00 bits per heavy atom. The number of rotatable bonds is 6. The van der Waals surface area contributed by atoms with Gasteiger partial charge in [0.05, 0.1) is 18.4 Å². The summed E-state index contributed by atoms with van der Waals surface area (Å²) in [7, 11) is 0. The molecule has 2 amide bonds. The maximum absolute atomic E-state index is 11.3. The quantitative estimate of drug-likeness (QED) is 0.318. The Bertz CT molecular complexity index is 294. The summed E-state index contributed by atoms with van der Waals surface area (Å²) < 4.78 is 4.33. The maximum atomic E-state index is 11.3. The first kappa shape index (κ1) is 16.3. The molecule has 0 aromatic rings. The third-order valence-corrected chi connectivity index (χ3v) is 2.52. The summed E-state index contributed by atoms with van der Waals surface area (Å²) in [6.45, 7) is 2.85. The second-order valence-corrected chi connectivity index (χ2v) is 4.56. The second kappa shape index (κ2) is 8.40. The van der Waals surface area contributed by atoms with Crippen LogP contribution in [0.1, 0.15) is 20.3 Å². The minimum atomic E-state index is -0.915. The number of imide groups is 1. The highest BCUT2D eigenvalue weighted by molar-refractivity contribution is 14.1. The van der Waals surface area contributed by atoms with Crippen LogP contribution in [0.2, 0.25) is 0 Å². The fraction of sp³-hybridized carbons (Fsp3) is 0.700. The molecule has 7 heteroatoms. The first-order valence-corrected chi connectivity index (χ1v) is 6.28. The number of carbonyl (C=O) groups excluding carboxylic acids is 3. The monoisotopic (exact) mass is 357 g/mol. The van der Waals surface area contributed by atoms with E-state index in [-0.39, 0.29) is 12.5 Å². The van der Waals surface area contributed by atoms with Gasteiger partial charge in [0.25, 0.3) is 3.91 Å². The lowest BCUT2D eigenvalue weighted by molar-refractivity contribution is -0.151. The van der Waals surface area contributed by atoms with Gasteiger partial charge >= 0.3 is 5.97 Å². The molecule has 6 nitrogen and oxygen atoms in total. The van der Waals surface area contributed by atoms with Gasteiger partial charge in [0.1, 0.15) is 6.61 Å². The number of esters is 1. The van der Waals surface area contributed by atoms with Gasteiger partial charge in [0.15, 0.2) is 0 Å². The van der Waals surface area contributed by atoms with Crippen molar-refractivity contribution < 1.29 is 24.2 Å². The van der Waals surface area contributed by atoms with Crippen molar-refractivity contribution in [3.8, 4) is 0 Å². The van der Waals surface area contributed by atoms with E-state index in [4.69, 9.17) is 9.84 Å². The lowest BCUT2D eigenvalue weighted by atomic mass is 10.1. The van der Waals surface area contributed by atoms with Gasteiger partial charge in [-0.15, -0.1) is 0 Å². The highest BCUT2D eigenvalue weighted by atomic mass is 127. The summed E-state index contributed by atoms with van der Waals surface area (Å²) in [5.74, 6) is -2.23. The number of nitrogens with one attached hydrogen (secondary N) is 1. The average Bonchev–Trinajstić information content (AvgIpc) is 2.27. The molecule has 0 aromatic carbocycles. The second-order valence-electron chi connectivity index (χ2n) is 3.58. The largest absolute Gasteiger partial charge is 0.465 e. The van der Waals surface area contributed by atoms with Crippen LogP contribution in [0.3, 0.4) is 0 Å². The number of hydrogen-bond acceptors (Lipinski definition) is 5. The summed E-state index contributed by atoms with van der Waals surface area (Å²) in [5.41, 5.74) is 0. The first-order valence-electron chi connectivity index (χ1n) is 5.20. The molecule has 0 aliphatic carbocycles. The predicted molar refractivity (Wildman–Crippen MR) is 68.5 cm³/mol. The van der Waals surface area contributed by atoms with Gasteiger partial charge in [-0.2, -0.15) is 0 Å². The normalized spacial score (nSPS) is 13.6. The fourth-order valence-corrected chi connectivity index (χ4v) is 1.17. The van der Waals surface area contributed by atoms with E-state index in [0.717, 1.165) is 0 Å². The van der Waals surface area contributed by atoms with E-state index in [0.29, 0.717) is 6.42 Å². The van der Waals surface area contributed by atoms with Crippen molar-refractivity contribution in [2.75, 3.05) is 13.2 Å². The molecule has 17 heavy (non-hydrogen) atoms. The molecule has 0 rings (SSSR count). The summed E-state index contributed by atoms with van der Waals surface area (Å²) >= 11 is 1.41. The zero-order valence-corrected chi connectivity index (χ0v) is 11.9. The molecule has 0 aliphatic rings. The first-order chi connectivity index (χ1) is 7.92. The van der Waals surface area contributed by atoms with Gasteiger partial charge in [0.2, 0.25) is 5.91 Å². The number of hydrogen-bond donors (Lipinski definition) is 2. The molecular weight excluding hydrogens is 341 g/mol. The van der Waals surface area contributed by atoms with E-state index in [1.165, 1.54) is 22.6 Å². The molecule has 0 aliphatic heterocycles. The molecule has 2 atom stereocenters. The Balaban J connectivity index is 4.18. The van der Waals surface area contributed by atoms with Crippen LogP contribution in [0.5, 0.6) is 0 Å². The molecule has 2 N–H and O–H groups in total. The molecule has 0 fully saturated rings. The smallest absolute Gasteiger partial charge is 0.308 e. The number of carbonyl (C=O) groups is 3. The predicted octanol–water partition coefficient (Wildman–Crippen LogP) is 0.855. The standard InChI is InChI=1S/C10H16INO5/c1-3-6(2)9(15)17-5-7(4-13)8(14)12-10(11)16/h6-7,13H,3-5H2,1-2H3,(H,12,14,16). The van der Waals surface area contributed by atoms with Crippen LogP contribution in [0, 0.1) is 11.8 Å². The van der Waals surface area contributed by atoms with E-state index in [9.17, 15) is 14.4 Å². The van der Waals surface area contributed by atoms with Crippen molar-refractivity contribution in [2.45, 2.75) is 20.3 Å². The molecule has 98 valence electrons. The van der Waals surface area contributed by atoms with Crippen LogP contribution in [-0.4, -0.2) is 34.1 Å².